The molecule has 0 N–H and O–H groups in total. The summed E-state index contributed by atoms with van der Waals surface area (Å²) in [6, 6.07) is 12.1. The summed E-state index contributed by atoms with van der Waals surface area (Å²) in [6.07, 6.45) is 2.10. The topological polar surface area (TPSA) is 114 Å². The smallest absolute Gasteiger partial charge is 0.442 e. The summed E-state index contributed by atoms with van der Waals surface area (Å²) >= 11 is 0. The Morgan fingerprint density at radius 2 is 2.00 bits per heavy atom. The molecular formula is C22H26N4O5S. The van der Waals surface area contributed by atoms with Crippen LogP contribution in [0.1, 0.15) is 18.1 Å². The Morgan fingerprint density at radius 1 is 1.25 bits per heavy atom. The number of carbonyl (C=O) groups excluding carboxylic acids is 1. The van der Waals surface area contributed by atoms with Gasteiger partial charge in [-0.25, -0.2) is 14.0 Å². The van der Waals surface area contributed by atoms with Crippen molar-refractivity contribution in [3.05, 3.63) is 47.5 Å². The van der Waals surface area contributed by atoms with Crippen molar-refractivity contribution < 1.29 is 23.2 Å². The summed E-state index contributed by atoms with van der Waals surface area (Å²) in [5.41, 5.74) is 1.50. The first kappa shape index (κ1) is 24.7. The predicted octanol–water partition coefficient (Wildman–Crippen LogP) is 3.98. The fourth-order valence-electron chi connectivity index (χ4n) is 2.57. The van der Waals surface area contributed by atoms with E-state index in [1.807, 2.05) is 14.1 Å². The molecule has 0 radical (unpaired) electrons. The summed E-state index contributed by atoms with van der Waals surface area (Å²) in [4.78, 5) is 18.1. The van der Waals surface area contributed by atoms with Crippen LogP contribution in [-0.4, -0.2) is 55.6 Å². The van der Waals surface area contributed by atoms with Gasteiger partial charge in [0.2, 0.25) is 0 Å². The van der Waals surface area contributed by atoms with Crippen LogP contribution in [0.4, 0.5) is 10.5 Å². The van der Waals surface area contributed by atoms with E-state index in [2.05, 4.69) is 15.4 Å². The van der Waals surface area contributed by atoms with Crippen LogP contribution in [0, 0.1) is 11.3 Å². The van der Waals surface area contributed by atoms with Crippen molar-refractivity contribution in [3.63, 3.8) is 0 Å². The third-order valence-electron chi connectivity index (χ3n) is 4.08. The van der Waals surface area contributed by atoms with E-state index in [1.165, 1.54) is 13.4 Å². The van der Waals surface area contributed by atoms with Gasteiger partial charge in [-0.05, 0) is 24.6 Å². The highest BCUT2D eigenvalue weighted by Crippen LogP contribution is 2.35. The van der Waals surface area contributed by atoms with E-state index in [-0.39, 0.29) is 13.2 Å². The van der Waals surface area contributed by atoms with E-state index in [1.54, 1.807) is 54.6 Å². The number of nitriles is 1. The van der Waals surface area contributed by atoms with Crippen molar-refractivity contribution in [2.24, 2.45) is 9.36 Å². The van der Waals surface area contributed by atoms with Crippen molar-refractivity contribution in [1.29, 1.82) is 5.26 Å². The molecule has 1 unspecified atom stereocenters. The summed E-state index contributed by atoms with van der Waals surface area (Å²) in [7, 11) is 2.16. The van der Waals surface area contributed by atoms with E-state index in [9.17, 15) is 14.3 Å². The minimum absolute atomic E-state index is 0.127. The molecule has 2 aromatic carbocycles. The van der Waals surface area contributed by atoms with Crippen LogP contribution in [0.2, 0.25) is 0 Å². The predicted molar refractivity (Wildman–Crippen MR) is 122 cm³/mol. The first-order chi connectivity index (χ1) is 15.2. The summed E-state index contributed by atoms with van der Waals surface area (Å²) in [5.74, 6) is 0.786. The van der Waals surface area contributed by atoms with Crippen LogP contribution in [0.5, 0.6) is 11.5 Å². The maximum absolute atomic E-state index is 12.9. The molecule has 0 saturated heterocycles. The van der Waals surface area contributed by atoms with Gasteiger partial charge in [0.15, 0.2) is 11.5 Å². The molecule has 170 valence electrons. The van der Waals surface area contributed by atoms with Crippen LogP contribution in [0.25, 0.3) is 0 Å². The van der Waals surface area contributed by atoms with Crippen LogP contribution >= 0.6 is 0 Å². The van der Waals surface area contributed by atoms with E-state index in [4.69, 9.17) is 14.2 Å². The molecule has 0 aliphatic carbocycles. The standard InChI is InChI=1S/C22H26N4O5S/c1-6-30-22(27)25-32(5,28)18-9-7-8-16(10-18)14-31-21-12-19(24-15-26(2)3)17(13-23)11-20(21)29-4/h7-12,15H,6,14H2,1-5H3/b24-15-. The third kappa shape index (κ3) is 6.72. The summed E-state index contributed by atoms with van der Waals surface area (Å²) < 4.78 is 32.6. The Hall–Kier alpha value is -3.58. The lowest BCUT2D eigenvalue weighted by molar-refractivity contribution is 0.164. The highest BCUT2D eigenvalue weighted by molar-refractivity contribution is 7.93. The fraction of sp³-hybridized carbons (Fsp3) is 0.318. The molecule has 0 fully saturated rings. The zero-order valence-electron chi connectivity index (χ0n) is 18.7. The molecule has 1 atom stereocenters. The second-order valence-electron chi connectivity index (χ2n) is 6.87. The summed E-state index contributed by atoms with van der Waals surface area (Å²) in [5, 5.41) is 9.40. The number of benzene rings is 2. The average molecular weight is 459 g/mol. The number of aliphatic imine (C=N–C) groups is 1. The van der Waals surface area contributed by atoms with Gasteiger partial charge in [-0.1, -0.05) is 12.1 Å². The van der Waals surface area contributed by atoms with Gasteiger partial charge in [-0.15, -0.1) is 4.36 Å². The van der Waals surface area contributed by atoms with Crippen molar-refractivity contribution in [2.45, 2.75) is 18.4 Å². The minimum Gasteiger partial charge on any atom is -0.493 e. The molecule has 0 saturated carbocycles. The summed E-state index contributed by atoms with van der Waals surface area (Å²) in [6.45, 7) is 1.93. The molecule has 0 aliphatic rings. The van der Waals surface area contributed by atoms with Gasteiger partial charge in [-0.3, -0.25) is 0 Å². The van der Waals surface area contributed by atoms with Crippen molar-refractivity contribution >= 4 is 27.8 Å². The fourth-order valence-corrected chi connectivity index (χ4v) is 3.72. The van der Waals surface area contributed by atoms with Gasteiger partial charge in [0.25, 0.3) is 0 Å². The number of hydrogen-bond acceptors (Lipinski definition) is 7. The largest absolute Gasteiger partial charge is 0.493 e. The van der Waals surface area contributed by atoms with Crippen molar-refractivity contribution in [3.8, 4) is 17.6 Å². The highest BCUT2D eigenvalue weighted by atomic mass is 32.2. The molecule has 0 aromatic heterocycles. The zero-order chi connectivity index (χ0) is 23.7. The Morgan fingerprint density at radius 3 is 2.62 bits per heavy atom. The number of nitrogens with zero attached hydrogens (tertiary/aromatic N) is 4. The first-order valence-corrected chi connectivity index (χ1v) is 11.6. The van der Waals surface area contributed by atoms with Crippen LogP contribution < -0.4 is 9.47 Å². The quantitative estimate of drug-likeness (QED) is 0.434. The molecule has 2 rings (SSSR count). The molecule has 0 heterocycles. The highest BCUT2D eigenvalue weighted by Gasteiger charge is 2.14. The van der Waals surface area contributed by atoms with Crippen LogP contribution in [-0.2, 0) is 21.1 Å². The molecule has 1 amide bonds. The first-order valence-electron chi connectivity index (χ1n) is 9.63. The number of methoxy groups -OCH3 is 1. The molecule has 0 spiro atoms. The molecule has 0 aliphatic heterocycles. The van der Waals surface area contributed by atoms with Gasteiger partial charge >= 0.3 is 6.09 Å². The van der Waals surface area contributed by atoms with Gasteiger partial charge in [0.05, 0.1) is 41.0 Å². The van der Waals surface area contributed by atoms with E-state index >= 15 is 0 Å². The normalized spacial score (nSPS) is 12.5. The van der Waals surface area contributed by atoms with Crippen molar-refractivity contribution in [2.75, 3.05) is 34.1 Å². The average Bonchev–Trinajstić information content (AvgIpc) is 2.75. The number of carbonyl (C=O) groups is 1. The molecule has 0 bridgehead atoms. The van der Waals surface area contributed by atoms with Gasteiger partial charge in [0, 0.05) is 37.4 Å². The molecular weight excluding hydrogens is 432 g/mol. The van der Waals surface area contributed by atoms with E-state index in [0.717, 1.165) is 0 Å². The SMILES string of the molecule is CCOC(=O)N=S(C)(=O)c1cccc(COc2cc(/N=C\N(C)C)c(C#N)cc2OC)c1. The molecule has 32 heavy (non-hydrogen) atoms. The molecule has 2 aromatic rings. The number of ether oxygens (including phenoxy) is 3. The lowest BCUT2D eigenvalue weighted by Gasteiger charge is -2.13. The Kier molecular flexibility index (Phi) is 8.61. The zero-order valence-corrected chi connectivity index (χ0v) is 19.5. The minimum atomic E-state index is -2.97. The lowest BCUT2D eigenvalue weighted by Crippen LogP contribution is -2.07. The van der Waals surface area contributed by atoms with Gasteiger partial charge < -0.3 is 19.1 Å². The lowest BCUT2D eigenvalue weighted by atomic mass is 10.1. The van der Waals surface area contributed by atoms with E-state index < -0.39 is 15.8 Å². The number of hydrogen-bond donors (Lipinski definition) is 0. The Bertz CT molecular complexity index is 1160. The van der Waals surface area contributed by atoms with Crippen LogP contribution in [0.15, 0.2) is 50.6 Å². The Labute approximate surface area is 188 Å². The van der Waals surface area contributed by atoms with Crippen LogP contribution in [0.3, 0.4) is 0 Å². The van der Waals surface area contributed by atoms with Gasteiger partial charge in [-0.2, -0.15) is 5.26 Å². The number of amides is 1. The monoisotopic (exact) mass is 458 g/mol. The second kappa shape index (κ2) is 11.2. The number of rotatable bonds is 8. The second-order valence-corrected chi connectivity index (χ2v) is 9.13. The van der Waals surface area contributed by atoms with Crippen molar-refractivity contribution in [1.82, 2.24) is 4.90 Å². The maximum Gasteiger partial charge on any atom is 0.442 e. The molecule has 9 nitrogen and oxygen atoms in total. The maximum atomic E-state index is 12.9. The van der Waals surface area contributed by atoms with Gasteiger partial charge in [0.1, 0.15) is 12.7 Å². The van der Waals surface area contributed by atoms with E-state index in [0.29, 0.717) is 33.2 Å². The molecule has 10 heteroatoms. The Balaban J connectivity index is 2.32. The third-order valence-corrected chi connectivity index (χ3v) is 5.70.